The zero-order valence-corrected chi connectivity index (χ0v) is 14.2. The Balaban J connectivity index is 1.84. The van der Waals surface area contributed by atoms with Crippen molar-refractivity contribution in [2.75, 3.05) is 23.4 Å². The Kier molecular flexibility index (Phi) is 7.57. The minimum absolute atomic E-state index is 0.00201. The van der Waals surface area contributed by atoms with Gasteiger partial charge in [-0.15, -0.1) is 0 Å². The third kappa shape index (κ3) is 5.87. The van der Waals surface area contributed by atoms with Gasteiger partial charge in [0.2, 0.25) is 5.91 Å². The third-order valence-corrected chi connectivity index (χ3v) is 4.81. The summed E-state index contributed by atoms with van der Waals surface area (Å²) in [6, 6.07) is 3.73. The van der Waals surface area contributed by atoms with E-state index < -0.39 is 0 Å². The predicted molar refractivity (Wildman–Crippen MR) is 92.6 cm³/mol. The molecule has 0 aliphatic heterocycles. The molecule has 5 heteroatoms. The van der Waals surface area contributed by atoms with Crippen LogP contribution in [0, 0.1) is 5.92 Å². The molecule has 0 spiro atoms. The molecule has 4 nitrogen and oxygen atoms in total. The van der Waals surface area contributed by atoms with Crippen molar-refractivity contribution >= 4 is 23.5 Å². The van der Waals surface area contributed by atoms with Gasteiger partial charge in [0.1, 0.15) is 0 Å². The topological polar surface area (TPSA) is 51.2 Å². The smallest absolute Gasteiger partial charge is 0.226 e. The molecule has 0 aromatic carbocycles. The molecule has 0 radical (unpaired) electrons. The van der Waals surface area contributed by atoms with Gasteiger partial charge in [-0.05, 0) is 36.6 Å². The number of hydrogen-bond donors (Lipinski definition) is 1. The molecule has 0 unspecified atom stereocenters. The van der Waals surface area contributed by atoms with Crippen LogP contribution in [0.4, 0.5) is 5.82 Å². The minimum atomic E-state index is 0.00201. The van der Waals surface area contributed by atoms with Crippen LogP contribution in [-0.4, -0.2) is 29.0 Å². The molecule has 1 aliphatic rings. The van der Waals surface area contributed by atoms with E-state index in [9.17, 15) is 4.79 Å². The van der Waals surface area contributed by atoms with Crippen LogP contribution in [0.2, 0.25) is 0 Å². The van der Waals surface area contributed by atoms with Gasteiger partial charge in [0.15, 0.2) is 11.6 Å². The fourth-order valence-corrected chi connectivity index (χ4v) is 3.28. The maximum Gasteiger partial charge on any atom is 0.226 e. The molecule has 1 saturated carbocycles. The van der Waals surface area contributed by atoms with E-state index in [4.69, 9.17) is 4.74 Å². The van der Waals surface area contributed by atoms with Gasteiger partial charge in [-0.25, -0.2) is 4.98 Å². The van der Waals surface area contributed by atoms with E-state index in [1.807, 2.05) is 12.1 Å². The average Bonchev–Trinajstić information content (AvgIpc) is 2.55. The van der Waals surface area contributed by atoms with E-state index in [1.54, 1.807) is 18.0 Å². The first kappa shape index (κ1) is 17.1. The number of carbonyl (C=O) groups is 1. The van der Waals surface area contributed by atoms with E-state index in [1.165, 1.54) is 32.1 Å². The summed E-state index contributed by atoms with van der Waals surface area (Å²) in [6.45, 7) is 2.82. The molecule has 1 heterocycles. The molecule has 1 aliphatic carbocycles. The number of nitrogens with one attached hydrogen (secondary N) is 1. The van der Waals surface area contributed by atoms with Crippen molar-refractivity contribution in [1.82, 2.24) is 4.98 Å². The molecule has 2 rings (SSSR count). The summed E-state index contributed by atoms with van der Waals surface area (Å²) in [5.41, 5.74) is 0. The largest absolute Gasteiger partial charge is 0.489 e. The van der Waals surface area contributed by atoms with Gasteiger partial charge in [0.25, 0.3) is 0 Å². The first-order chi connectivity index (χ1) is 10.8. The summed E-state index contributed by atoms with van der Waals surface area (Å²) in [7, 11) is 0. The van der Waals surface area contributed by atoms with E-state index in [2.05, 4.69) is 17.2 Å². The van der Waals surface area contributed by atoms with E-state index >= 15 is 0 Å². The monoisotopic (exact) mass is 322 g/mol. The van der Waals surface area contributed by atoms with Gasteiger partial charge in [-0.2, -0.15) is 11.8 Å². The SMILES string of the molecule is CCSCCC(=O)Nc1ncccc1OCC1CCCCC1. The van der Waals surface area contributed by atoms with Crippen LogP contribution in [0.3, 0.4) is 0 Å². The zero-order chi connectivity index (χ0) is 15.6. The second kappa shape index (κ2) is 9.72. The quantitative estimate of drug-likeness (QED) is 0.731. The molecular weight excluding hydrogens is 296 g/mol. The molecule has 1 aromatic rings. The molecule has 0 saturated heterocycles. The highest BCUT2D eigenvalue weighted by Gasteiger charge is 2.15. The number of nitrogens with zero attached hydrogens (tertiary/aromatic N) is 1. The van der Waals surface area contributed by atoms with Crippen molar-refractivity contribution in [3.63, 3.8) is 0 Å². The fourth-order valence-electron chi connectivity index (χ4n) is 2.67. The van der Waals surface area contributed by atoms with Gasteiger partial charge in [0, 0.05) is 18.4 Å². The van der Waals surface area contributed by atoms with Crippen LogP contribution in [0.1, 0.15) is 45.4 Å². The summed E-state index contributed by atoms with van der Waals surface area (Å²) < 4.78 is 5.92. The highest BCUT2D eigenvalue weighted by Crippen LogP contribution is 2.27. The molecule has 0 atom stereocenters. The van der Waals surface area contributed by atoms with Crippen LogP contribution in [0.15, 0.2) is 18.3 Å². The number of anilines is 1. The molecule has 122 valence electrons. The maximum absolute atomic E-state index is 11.9. The lowest BCUT2D eigenvalue weighted by Crippen LogP contribution is -2.18. The number of carbonyl (C=O) groups excluding carboxylic acids is 1. The fraction of sp³-hybridized carbons (Fsp3) is 0.647. The highest BCUT2D eigenvalue weighted by atomic mass is 32.2. The van der Waals surface area contributed by atoms with Gasteiger partial charge >= 0.3 is 0 Å². The van der Waals surface area contributed by atoms with Crippen molar-refractivity contribution < 1.29 is 9.53 Å². The van der Waals surface area contributed by atoms with Crippen molar-refractivity contribution in [2.45, 2.75) is 45.4 Å². The van der Waals surface area contributed by atoms with Crippen LogP contribution in [-0.2, 0) is 4.79 Å². The van der Waals surface area contributed by atoms with Crippen LogP contribution < -0.4 is 10.1 Å². The lowest BCUT2D eigenvalue weighted by molar-refractivity contribution is -0.115. The first-order valence-electron chi connectivity index (χ1n) is 8.25. The summed E-state index contributed by atoms with van der Waals surface area (Å²) in [5, 5.41) is 2.87. The predicted octanol–water partition coefficient (Wildman–Crippen LogP) is 4.12. The van der Waals surface area contributed by atoms with E-state index in [0.29, 0.717) is 23.9 Å². The van der Waals surface area contributed by atoms with Crippen molar-refractivity contribution in [3.8, 4) is 5.75 Å². The second-order valence-corrected chi connectivity index (χ2v) is 7.05. The third-order valence-electron chi connectivity index (χ3n) is 3.91. The Morgan fingerprint density at radius 2 is 2.23 bits per heavy atom. The second-order valence-electron chi connectivity index (χ2n) is 5.66. The van der Waals surface area contributed by atoms with Gasteiger partial charge in [0.05, 0.1) is 6.61 Å². The van der Waals surface area contributed by atoms with Crippen molar-refractivity contribution in [2.24, 2.45) is 5.92 Å². The van der Waals surface area contributed by atoms with Gasteiger partial charge in [-0.3, -0.25) is 4.79 Å². The van der Waals surface area contributed by atoms with E-state index in [0.717, 1.165) is 18.1 Å². The number of pyridine rings is 1. The van der Waals surface area contributed by atoms with Crippen molar-refractivity contribution in [1.29, 1.82) is 0 Å². The summed E-state index contributed by atoms with van der Waals surface area (Å²) in [4.78, 5) is 16.2. The molecule has 22 heavy (non-hydrogen) atoms. The van der Waals surface area contributed by atoms with Crippen LogP contribution in [0.5, 0.6) is 5.75 Å². The number of hydrogen-bond acceptors (Lipinski definition) is 4. The lowest BCUT2D eigenvalue weighted by atomic mass is 9.90. The summed E-state index contributed by atoms with van der Waals surface area (Å²) in [6.07, 6.45) is 8.65. The Morgan fingerprint density at radius 3 is 3.00 bits per heavy atom. The van der Waals surface area contributed by atoms with Crippen LogP contribution >= 0.6 is 11.8 Å². The number of thioether (sulfide) groups is 1. The standard InChI is InChI=1S/C17H26N2O2S/c1-2-22-12-10-16(20)19-17-15(9-6-11-18-17)21-13-14-7-4-3-5-8-14/h6,9,11,14H,2-5,7-8,10,12-13H2,1H3,(H,18,19,20). The summed E-state index contributed by atoms with van der Waals surface area (Å²) in [5.74, 6) is 3.75. The normalized spacial score (nSPS) is 15.5. The van der Waals surface area contributed by atoms with Crippen molar-refractivity contribution in [3.05, 3.63) is 18.3 Å². The highest BCUT2D eigenvalue weighted by molar-refractivity contribution is 7.99. The number of rotatable bonds is 8. The Hall–Kier alpha value is -1.23. The number of amides is 1. The lowest BCUT2D eigenvalue weighted by Gasteiger charge is -2.22. The van der Waals surface area contributed by atoms with Gasteiger partial charge in [-0.1, -0.05) is 26.2 Å². The van der Waals surface area contributed by atoms with Gasteiger partial charge < -0.3 is 10.1 Å². The molecule has 1 fully saturated rings. The minimum Gasteiger partial charge on any atom is -0.489 e. The average molecular weight is 322 g/mol. The number of aromatic nitrogens is 1. The number of ether oxygens (including phenoxy) is 1. The molecule has 1 aromatic heterocycles. The first-order valence-corrected chi connectivity index (χ1v) is 9.40. The molecule has 1 amide bonds. The molecule has 1 N–H and O–H groups in total. The Morgan fingerprint density at radius 1 is 1.41 bits per heavy atom. The Labute approximate surface area is 137 Å². The van der Waals surface area contributed by atoms with Crippen LogP contribution in [0.25, 0.3) is 0 Å². The maximum atomic E-state index is 11.9. The van der Waals surface area contributed by atoms with E-state index in [-0.39, 0.29) is 5.91 Å². The summed E-state index contributed by atoms with van der Waals surface area (Å²) >= 11 is 1.77. The zero-order valence-electron chi connectivity index (χ0n) is 13.3. The molecule has 0 bridgehead atoms. The Bertz CT molecular complexity index is 462. The molecular formula is C17H26N2O2S.